The van der Waals surface area contributed by atoms with Gasteiger partial charge >= 0.3 is 0 Å². The van der Waals surface area contributed by atoms with Crippen molar-refractivity contribution >= 4 is 0 Å². The maximum Gasteiger partial charge on any atom is 0.123 e. The van der Waals surface area contributed by atoms with Crippen LogP contribution in [0, 0.1) is 17.1 Å². The second kappa shape index (κ2) is 8.04. The molecule has 0 aromatic heterocycles. The number of hydrogen-bond donors (Lipinski definition) is 0. The Morgan fingerprint density at radius 2 is 1.87 bits per heavy atom. The number of methoxy groups -OCH3 is 2. The third-order valence-electron chi connectivity index (χ3n) is 3.44. The highest BCUT2D eigenvalue weighted by atomic mass is 19.1. The molecule has 0 heterocycles. The van der Waals surface area contributed by atoms with Gasteiger partial charge in [0.2, 0.25) is 0 Å². The van der Waals surface area contributed by atoms with Gasteiger partial charge in [0.15, 0.2) is 0 Å². The third-order valence-corrected chi connectivity index (χ3v) is 3.44. The summed E-state index contributed by atoms with van der Waals surface area (Å²) in [5.74, 6) is 0.957. The Morgan fingerprint density at radius 1 is 1.09 bits per heavy atom. The van der Waals surface area contributed by atoms with Crippen LogP contribution in [0.15, 0.2) is 42.5 Å². The van der Waals surface area contributed by atoms with Gasteiger partial charge in [0.1, 0.15) is 23.1 Å². The van der Waals surface area contributed by atoms with E-state index in [0.29, 0.717) is 35.8 Å². The molecule has 2 aromatic carbocycles. The van der Waals surface area contributed by atoms with E-state index in [0.717, 1.165) is 0 Å². The minimum atomic E-state index is -0.508. The quantitative estimate of drug-likeness (QED) is 0.777. The normalized spacial score (nSPS) is 11.4. The monoisotopic (exact) mass is 315 g/mol. The van der Waals surface area contributed by atoms with E-state index in [-0.39, 0.29) is 0 Å². The standard InChI is InChI=1S/C18H18FNO3/c1-21-15-4-3-5-16(11-15)23-9-8-13(12-20)17-10-14(19)6-7-18(17)22-2/h3-7,10-11,13H,8-9H2,1-2H3. The molecule has 2 aromatic rings. The zero-order valence-electron chi connectivity index (χ0n) is 13.1. The number of halogens is 1. The van der Waals surface area contributed by atoms with Crippen molar-refractivity contribution in [3.05, 3.63) is 53.8 Å². The highest BCUT2D eigenvalue weighted by Crippen LogP contribution is 2.29. The van der Waals surface area contributed by atoms with E-state index in [1.807, 2.05) is 18.2 Å². The topological polar surface area (TPSA) is 51.5 Å². The Kier molecular flexibility index (Phi) is 5.81. The molecule has 0 spiro atoms. The summed E-state index contributed by atoms with van der Waals surface area (Å²) < 4.78 is 29.4. The molecule has 23 heavy (non-hydrogen) atoms. The highest BCUT2D eigenvalue weighted by Gasteiger charge is 2.17. The summed E-state index contributed by atoms with van der Waals surface area (Å²) in [5, 5.41) is 9.37. The summed E-state index contributed by atoms with van der Waals surface area (Å²) in [6.45, 7) is 0.324. The van der Waals surface area contributed by atoms with E-state index >= 15 is 0 Å². The molecule has 0 N–H and O–H groups in total. The molecule has 0 aliphatic heterocycles. The number of nitriles is 1. The summed E-state index contributed by atoms with van der Waals surface area (Å²) in [7, 11) is 3.08. The molecule has 2 rings (SSSR count). The molecule has 0 saturated carbocycles. The maximum atomic E-state index is 13.4. The molecule has 1 atom stereocenters. The molecule has 5 heteroatoms. The molecule has 0 amide bonds. The largest absolute Gasteiger partial charge is 0.497 e. The lowest BCUT2D eigenvalue weighted by Gasteiger charge is -2.14. The van der Waals surface area contributed by atoms with Gasteiger partial charge in [-0.3, -0.25) is 0 Å². The van der Waals surface area contributed by atoms with Crippen molar-refractivity contribution in [3.8, 4) is 23.3 Å². The predicted octanol–water partition coefficient (Wildman–Crippen LogP) is 3.92. The molecule has 4 nitrogen and oxygen atoms in total. The first-order chi connectivity index (χ1) is 11.2. The smallest absolute Gasteiger partial charge is 0.123 e. The summed E-state index contributed by atoms with van der Waals surface area (Å²) in [6, 6.07) is 13.6. The SMILES string of the molecule is COc1cccc(OCCC(C#N)c2cc(F)ccc2OC)c1. The second-order valence-electron chi connectivity index (χ2n) is 4.88. The predicted molar refractivity (Wildman–Crippen MR) is 84.4 cm³/mol. The van der Waals surface area contributed by atoms with E-state index in [1.54, 1.807) is 13.2 Å². The van der Waals surface area contributed by atoms with Crippen LogP contribution >= 0.6 is 0 Å². The van der Waals surface area contributed by atoms with Crippen molar-refractivity contribution in [2.45, 2.75) is 12.3 Å². The summed E-state index contributed by atoms with van der Waals surface area (Å²) in [4.78, 5) is 0. The van der Waals surface area contributed by atoms with Crippen LogP contribution in [0.5, 0.6) is 17.2 Å². The molecule has 0 saturated heterocycles. The van der Waals surface area contributed by atoms with Crippen LogP contribution < -0.4 is 14.2 Å². The Hall–Kier alpha value is -2.74. The fourth-order valence-electron chi connectivity index (χ4n) is 2.25. The summed E-state index contributed by atoms with van der Waals surface area (Å²) >= 11 is 0. The van der Waals surface area contributed by atoms with Gasteiger partial charge < -0.3 is 14.2 Å². The minimum Gasteiger partial charge on any atom is -0.497 e. The number of rotatable bonds is 7. The van der Waals surface area contributed by atoms with Crippen molar-refractivity contribution in [1.82, 2.24) is 0 Å². The molecule has 0 bridgehead atoms. The first kappa shape index (κ1) is 16.6. The Labute approximate surface area is 135 Å². The molecule has 120 valence electrons. The molecule has 0 aliphatic carbocycles. The van der Waals surface area contributed by atoms with Gasteiger partial charge in [-0.1, -0.05) is 6.07 Å². The van der Waals surface area contributed by atoms with E-state index in [2.05, 4.69) is 6.07 Å². The van der Waals surface area contributed by atoms with Gasteiger partial charge in [0, 0.05) is 18.1 Å². The lowest BCUT2D eigenvalue weighted by Crippen LogP contribution is -2.06. The van der Waals surface area contributed by atoms with Crippen LogP contribution in [-0.2, 0) is 0 Å². The van der Waals surface area contributed by atoms with E-state index in [1.165, 1.54) is 25.3 Å². The average Bonchev–Trinajstić information content (AvgIpc) is 2.59. The Morgan fingerprint density at radius 3 is 2.57 bits per heavy atom. The van der Waals surface area contributed by atoms with Crippen LogP contribution in [0.4, 0.5) is 4.39 Å². The van der Waals surface area contributed by atoms with Crippen LogP contribution in [0.1, 0.15) is 17.9 Å². The Balaban J connectivity index is 2.03. The molecule has 0 fully saturated rings. The first-order valence-electron chi connectivity index (χ1n) is 7.18. The number of hydrogen-bond acceptors (Lipinski definition) is 4. The highest BCUT2D eigenvalue weighted by molar-refractivity contribution is 5.39. The van der Waals surface area contributed by atoms with Crippen molar-refractivity contribution in [1.29, 1.82) is 5.26 Å². The van der Waals surface area contributed by atoms with Crippen LogP contribution in [-0.4, -0.2) is 20.8 Å². The minimum absolute atomic E-state index is 0.324. The average molecular weight is 315 g/mol. The number of nitrogens with zero attached hydrogens (tertiary/aromatic N) is 1. The fourth-order valence-corrected chi connectivity index (χ4v) is 2.25. The van der Waals surface area contributed by atoms with Gasteiger partial charge in [-0.2, -0.15) is 5.26 Å². The van der Waals surface area contributed by atoms with Gasteiger partial charge in [0.05, 0.1) is 32.8 Å². The van der Waals surface area contributed by atoms with Gasteiger partial charge in [-0.05, 0) is 30.3 Å². The number of benzene rings is 2. The van der Waals surface area contributed by atoms with E-state index in [4.69, 9.17) is 14.2 Å². The maximum absolute atomic E-state index is 13.4. The van der Waals surface area contributed by atoms with E-state index < -0.39 is 11.7 Å². The molecule has 1 unspecified atom stereocenters. The van der Waals surface area contributed by atoms with Crippen molar-refractivity contribution in [2.24, 2.45) is 0 Å². The molecular weight excluding hydrogens is 297 g/mol. The first-order valence-corrected chi connectivity index (χ1v) is 7.18. The van der Waals surface area contributed by atoms with Gasteiger partial charge in [-0.15, -0.1) is 0 Å². The van der Waals surface area contributed by atoms with Gasteiger partial charge in [0.25, 0.3) is 0 Å². The summed E-state index contributed by atoms with van der Waals surface area (Å²) in [6.07, 6.45) is 0.424. The van der Waals surface area contributed by atoms with Crippen LogP contribution in [0.2, 0.25) is 0 Å². The molecule has 0 aliphatic rings. The second-order valence-corrected chi connectivity index (χ2v) is 4.88. The van der Waals surface area contributed by atoms with Crippen molar-refractivity contribution < 1.29 is 18.6 Å². The Bertz CT molecular complexity index is 697. The van der Waals surface area contributed by atoms with Gasteiger partial charge in [-0.25, -0.2) is 4.39 Å². The lowest BCUT2D eigenvalue weighted by molar-refractivity contribution is 0.302. The molecular formula is C18H18FNO3. The summed E-state index contributed by atoms with van der Waals surface area (Å²) in [5.41, 5.74) is 0.532. The molecule has 0 radical (unpaired) electrons. The van der Waals surface area contributed by atoms with E-state index in [9.17, 15) is 9.65 Å². The fraction of sp³-hybridized carbons (Fsp3) is 0.278. The van der Waals surface area contributed by atoms with Crippen LogP contribution in [0.25, 0.3) is 0 Å². The zero-order valence-corrected chi connectivity index (χ0v) is 13.1. The van der Waals surface area contributed by atoms with Crippen molar-refractivity contribution in [3.63, 3.8) is 0 Å². The van der Waals surface area contributed by atoms with Crippen LogP contribution in [0.3, 0.4) is 0 Å². The lowest BCUT2D eigenvalue weighted by atomic mass is 9.96. The van der Waals surface area contributed by atoms with Crippen molar-refractivity contribution in [2.75, 3.05) is 20.8 Å². The zero-order chi connectivity index (χ0) is 16.7. The number of ether oxygens (including phenoxy) is 3. The third kappa shape index (κ3) is 4.36.